The third-order valence-corrected chi connectivity index (χ3v) is 11.3. The number of carbonyl (C=O) groups excluding carboxylic acids is 2. The van der Waals surface area contributed by atoms with E-state index >= 15 is 0 Å². The molecule has 0 N–H and O–H groups in total. The van der Waals surface area contributed by atoms with Crippen LogP contribution in [0.25, 0.3) is 0 Å². The Labute approximate surface area is 408 Å². The average Bonchev–Trinajstić information content (AvgIpc) is 3.32. The third kappa shape index (κ3) is 53.2. The lowest BCUT2D eigenvalue weighted by atomic mass is 10.1. The summed E-state index contributed by atoms with van der Waals surface area (Å²) in [5, 5.41) is 0. The molecule has 0 saturated heterocycles. The second-order valence-corrected chi connectivity index (χ2v) is 17.7. The molecule has 376 valence electrons. The van der Waals surface area contributed by atoms with Gasteiger partial charge in [-0.15, -0.1) is 0 Å². The molecule has 0 radical (unpaired) electrons. The van der Waals surface area contributed by atoms with Crippen molar-refractivity contribution in [1.29, 1.82) is 0 Å². The normalized spacial score (nSPS) is 13.1. The van der Waals surface area contributed by atoms with E-state index in [1.54, 1.807) is 0 Å². The smallest absolute Gasteiger partial charge is 0.306 e. The summed E-state index contributed by atoms with van der Waals surface area (Å²) in [4.78, 5) is 25.5. The van der Waals surface area contributed by atoms with Gasteiger partial charge < -0.3 is 14.2 Å². The van der Waals surface area contributed by atoms with Crippen LogP contribution in [0, 0.1) is 0 Å². The van der Waals surface area contributed by atoms with Gasteiger partial charge in [-0.05, 0) is 122 Å². The Morgan fingerprint density at radius 1 is 0.348 bits per heavy atom. The van der Waals surface area contributed by atoms with Gasteiger partial charge in [-0.2, -0.15) is 0 Å². The topological polar surface area (TPSA) is 61.8 Å². The van der Waals surface area contributed by atoms with Crippen LogP contribution in [0.5, 0.6) is 0 Å². The van der Waals surface area contributed by atoms with Crippen LogP contribution in [-0.2, 0) is 23.8 Å². The first kappa shape index (κ1) is 62.6. The van der Waals surface area contributed by atoms with Crippen LogP contribution >= 0.6 is 0 Å². The molecule has 5 nitrogen and oxygen atoms in total. The number of esters is 2. The van der Waals surface area contributed by atoms with Crippen molar-refractivity contribution in [2.45, 2.75) is 245 Å². The summed E-state index contributed by atoms with van der Waals surface area (Å²) < 4.78 is 17.4. The number of unbranched alkanes of at least 4 members (excludes halogenated alkanes) is 20. The van der Waals surface area contributed by atoms with Gasteiger partial charge in [-0.25, -0.2) is 0 Å². The zero-order chi connectivity index (χ0) is 47.7. The second kappa shape index (κ2) is 55.9. The minimum Gasteiger partial charge on any atom is -0.462 e. The van der Waals surface area contributed by atoms with E-state index in [-0.39, 0.29) is 25.2 Å². The fraction of sp³-hybridized carbons (Fsp3) is 0.672. The number of ether oxygens (including phenoxy) is 3. The molecule has 0 aliphatic heterocycles. The van der Waals surface area contributed by atoms with Crippen molar-refractivity contribution < 1.29 is 23.8 Å². The third-order valence-electron chi connectivity index (χ3n) is 11.3. The highest BCUT2D eigenvalue weighted by Gasteiger charge is 2.17. The van der Waals surface area contributed by atoms with E-state index in [1.807, 2.05) is 0 Å². The van der Waals surface area contributed by atoms with Crippen molar-refractivity contribution in [3.05, 3.63) is 109 Å². The van der Waals surface area contributed by atoms with Crippen molar-refractivity contribution in [3.8, 4) is 0 Å². The molecule has 0 heterocycles. The highest BCUT2D eigenvalue weighted by Crippen LogP contribution is 2.13. The predicted octanol–water partition coefficient (Wildman–Crippen LogP) is 18.8. The van der Waals surface area contributed by atoms with Crippen molar-refractivity contribution in [1.82, 2.24) is 0 Å². The lowest BCUT2D eigenvalue weighted by molar-refractivity contribution is -0.163. The van der Waals surface area contributed by atoms with Crippen molar-refractivity contribution in [2.24, 2.45) is 0 Å². The molecule has 0 aromatic carbocycles. The van der Waals surface area contributed by atoms with Crippen LogP contribution in [-0.4, -0.2) is 37.9 Å². The lowest BCUT2D eigenvalue weighted by Gasteiger charge is -2.18. The van der Waals surface area contributed by atoms with Gasteiger partial charge in [0, 0.05) is 19.4 Å². The Balaban J connectivity index is 4.36. The molecule has 5 heteroatoms. The molecular weight excluding hydrogens is 813 g/mol. The molecule has 0 bridgehead atoms. The van der Waals surface area contributed by atoms with Gasteiger partial charge in [-0.3, -0.25) is 9.59 Å². The summed E-state index contributed by atoms with van der Waals surface area (Å²) in [6.45, 7) is 7.52. The minimum absolute atomic E-state index is 0.0606. The summed E-state index contributed by atoms with van der Waals surface area (Å²) in [7, 11) is 0. The number of allylic oxidation sites excluding steroid dienone is 18. The van der Waals surface area contributed by atoms with E-state index in [2.05, 4.69) is 130 Å². The Hall–Kier alpha value is -3.44. The number of carbonyl (C=O) groups is 2. The van der Waals surface area contributed by atoms with Gasteiger partial charge in [0.15, 0.2) is 6.10 Å². The summed E-state index contributed by atoms with van der Waals surface area (Å²) in [6.07, 6.45) is 76.7. The Bertz CT molecular complexity index is 1310. The van der Waals surface area contributed by atoms with Crippen molar-refractivity contribution in [3.63, 3.8) is 0 Å². The molecule has 0 aliphatic carbocycles. The van der Waals surface area contributed by atoms with Crippen LogP contribution in [0.2, 0.25) is 0 Å². The highest BCUT2D eigenvalue weighted by molar-refractivity contribution is 5.70. The largest absolute Gasteiger partial charge is 0.462 e. The maximum atomic E-state index is 12.8. The molecule has 0 aliphatic rings. The van der Waals surface area contributed by atoms with Crippen LogP contribution < -0.4 is 0 Å². The van der Waals surface area contributed by atoms with Crippen LogP contribution in [0.1, 0.15) is 239 Å². The van der Waals surface area contributed by atoms with Gasteiger partial charge in [0.25, 0.3) is 0 Å². The van der Waals surface area contributed by atoms with Gasteiger partial charge in [-0.1, -0.05) is 214 Å². The van der Waals surface area contributed by atoms with Gasteiger partial charge in [0.1, 0.15) is 6.61 Å². The molecule has 0 aromatic rings. The summed E-state index contributed by atoms with van der Waals surface area (Å²) >= 11 is 0. The van der Waals surface area contributed by atoms with Gasteiger partial charge in [0.2, 0.25) is 0 Å². The maximum absolute atomic E-state index is 12.8. The summed E-state index contributed by atoms with van der Waals surface area (Å²) in [5.41, 5.74) is 0. The van der Waals surface area contributed by atoms with E-state index in [0.29, 0.717) is 19.4 Å². The second-order valence-electron chi connectivity index (χ2n) is 17.7. The van der Waals surface area contributed by atoms with E-state index in [9.17, 15) is 9.59 Å². The molecular formula is C61H102O5. The first-order valence-electron chi connectivity index (χ1n) is 27.4. The number of hydrogen-bond acceptors (Lipinski definition) is 5. The zero-order valence-electron chi connectivity index (χ0n) is 43.2. The monoisotopic (exact) mass is 915 g/mol. The first-order chi connectivity index (χ1) is 32.6. The molecule has 1 atom stereocenters. The molecule has 0 saturated carbocycles. The van der Waals surface area contributed by atoms with E-state index in [1.165, 1.54) is 83.5 Å². The molecule has 0 rings (SSSR count). The minimum atomic E-state index is -0.564. The average molecular weight is 915 g/mol. The molecule has 0 aromatic heterocycles. The van der Waals surface area contributed by atoms with Crippen molar-refractivity contribution in [2.75, 3.05) is 19.8 Å². The fourth-order valence-electron chi connectivity index (χ4n) is 7.25. The standard InChI is InChI=1S/C61H102O5/c1-4-7-10-13-16-19-22-25-28-30-31-32-34-36-39-42-45-48-51-54-60(62)65-58-59(57-64-56-53-50-47-44-41-38-35-29-26-23-20-17-14-11-8-5-2)66-61(63)55-52-49-46-43-40-37-33-27-24-21-18-15-12-9-6-3/h7-8,10-11,16-21,25-29,31-33,59H,4-6,9,12-15,22-24,30,34-58H2,1-3H3/b10-7-,11-8-,19-16-,20-17-,21-18-,28-25-,29-26-,32-31-,33-27-. The highest BCUT2D eigenvalue weighted by atomic mass is 16.6. The van der Waals surface area contributed by atoms with E-state index in [4.69, 9.17) is 14.2 Å². The number of hydrogen-bond donors (Lipinski definition) is 0. The van der Waals surface area contributed by atoms with E-state index in [0.717, 1.165) is 122 Å². The van der Waals surface area contributed by atoms with Crippen LogP contribution in [0.4, 0.5) is 0 Å². The Morgan fingerprint density at radius 2 is 0.682 bits per heavy atom. The van der Waals surface area contributed by atoms with Crippen LogP contribution in [0.15, 0.2) is 109 Å². The summed E-state index contributed by atoms with van der Waals surface area (Å²) in [5.74, 6) is -0.439. The van der Waals surface area contributed by atoms with Crippen molar-refractivity contribution >= 4 is 11.9 Å². The molecule has 0 fully saturated rings. The SMILES string of the molecule is CC/C=C\C/C=C\C/C=C\C/C=C\CCCCCCCCC(=O)OCC(COCCCCCCCC/C=C\C/C=C\C/C=C\CC)OC(=O)CCCCCCC/C=C\C/C=C\CCCCC. The Kier molecular flexibility index (Phi) is 53.0. The lowest BCUT2D eigenvalue weighted by Crippen LogP contribution is -2.30. The summed E-state index contributed by atoms with van der Waals surface area (Å²) in [6, 6.07) is 0. The molecule has 1 unspecified atom stereocenters. The number of rotatable bonds is 49. The molecule has 0 amide bonds. The molecule has 0 spiro atoms. The fourth-order valence-corrected chi connectivity index (χ4v) is 7.25. The maximum Gasteiger partial charge on any atom is 0.306 e. The molecule has 66 heavy (non-hydrogen) atoms. The first-order valence-corrected chi connectivity index (χ1v) is 27.4. The quantitative estimate of drug-likeness (QED) is 0.0346. The van der Waals surface area contributed by atoms with Gasteiger partial charge in [0.05, 0.1) is 6.61 Å². The van der Waals surface area contributed by atoms with Gasteiger partial charge >= 0.3 is 11.9 Å². The zero-order valence-corrected chi connectivity index (χ0v) is 43.2. The van der Waals surface area contributed by atoms with Crippen LogP contribution in [0.3, 0.4) is 0 Å². The Morgan fingerprint density at radius 3 is 1.09 bits per heavy atom. The van der Waals surface area contributed by atoms with E-state index < -0.39 is 6.10 Å². The predicted molar refractivity (Wildman–Crippen MR) is 288 cm³/mol.